The van der Waals surface area contributed by atoms with E-state index in [1.807, 2.05) is 6.92 Å². The third kappa shape index (κ3) is 2.87. The third-order valence-electron chi connectivity index (χ3n) is 3.55. The summed E-state index contributed by atoms with van der Waals surface area (Å²) >= 11 is 1.39. The minimum atomic E-state index is -0.975. The van der Waals surface area contributed by atoms with Crippen LogP contribution in [0.3, 0.4) is 0 Å². The molecular formula is C16H13FN2O3S. The molecule has 0 unspecified atom stereocenters. The van der Waals surface area contributed by atoms with Crippen LogP contribution < -0.4 is 5.56 Å². The van der Waals surface area contributed by atoms with Crippen molar-refractivity contribution in [2.45, 2.75) is 19.9 Å². The highest BCUT2D eigenvalue weighted by Crippen LogP contribution is 2.35. The van der Waals surface area contributed by atoms with Crippen molar-refractivity contribution in [3.63, 3.8) is 0 Å². The van der Waals surface area contributed by atoms with Crippen molar-refractivity contribution in [2.24, 2.45) is 0 Å². The van der Waals surface area contributed by atoms with Crippen molar-refractivity contribution in [3.8, 4) is 11.1 Å². The molecule has 0 radical (unpaired) electrons. The molecule has 0 atom stereocenters. The second-order valence-corrected chi connectivity index (χ2v) is 6.31. The van der Waals surface area contributed by atoms with Crippen molar-refractivity contribution >= 4 is 27.5 Å². The summed E-state index contributed by atoms with van der Waals surface area (Å²) in [5.41, 5.74) is 1.19. The summed E-state index contributed by atoms with van der Waals surface area (Å²) in [4.78, 5) is 29.1. The molecule has 3 rings (SSSR count). The zero-order valence-electron chi connectivity index (χ0n) is 12.2. The van der Waals surface area contributed by atoms with Gasteiger partial charge in [-0.05, 0) is 24.6 Å². The molecule has 0 saturated heterocycles. The molecule has 3 aromatic rings. The minimum absolute atomic E-state index is 0.0643. The number of thiophene rings is 1. The van der Waals surface area contributed by atoms with Gasteiger partial charge in [-0.25, -0.2) is 9.37 Å². The van der Waals surface area contributed by atoms with Crippen molar-refractivity contribution < 1.29 is 14.3 Å². The number of carboxylic acids is 1. The van der Waals surface area contributed by atoms with Crippen LogP contribution in [-0.4, -0.2) is 20.6 Å². The van der Waals surface area contributed by atoms with Crippen LogP contribution in [0.4, 0.5) is 4.39 Å². The van der Waals surface area contributed by atoms with Gasteiger partial charge in [-0.1, -0.05) is 12.1 Å². The van der Waals surface area contributed by atoms with E-state index in [4.69, 9.17) is 5.11 Å². The van der Waals surface area contributed by atoms with Crippen LogP contribution in [0.5, 0.6) is 0 Å². The van der Waals surface area contributed by atoms with E-state index in [9.17, 15) is 14.0 Å². The predicted molar refractivity (Wildman–Crippen MR) is 86.3 cm³/mol. The molecule has 0 amide bonds. The number of carboxylic acid groups (broad SMARTS) is 1. The standard InChI is InChI=1S/C16H13FN2O3S/c1-9-13(10-2-4-11(17)5-3-10)14-15(23-9)18-8-19(16(14)22)7-6-12(20)21/h2-5,8H,6-7H2,1H3,(H,20,21). The number of fused-ring (bicyclic) bond motifs is 1. The molecule has 2 heterocycles. The largest absolute Gasteiger partial charge is 0.481 e. The Balaban J connectivity index is 2.19. The Morgan fingerprint density at radius 1 is 1.35 bits per heavy atom. The molecule has 23 heavy (non-hydrogen) atoms. The highest BCUT2D eigenvalue weighted by Gasteiger charge is 2.17. The fraction of sp³-hybridized carbons (Fsp3) is 0.188. The molecule has 0 spiro atoms. The maximum atomic E-state index is 13.1. The average Bonchev–Trinajstić information content (AvgIpc) is 2.84. The summed E-state index contributed by atoms with van der Waals surface area (Å²) in [5, 5.41) is 9.22. The summed E-state index contributed by atoms with van der Waals surface area (Å²) in [6.07, 6.45) is 1.22. The number of benzene rings is 1. The number of rotatable bonds is 4. The van der Waals surface area contributed by atoms with Crippen LogP contribution >= 0.6 is 11.3 Å². The molecule has 0 aliphatic heterocycles. The number of hydrogen-bond acceptors (Lipinski definition) is 4. The Labute approximate surface area is 134 Å². The zero-order valence-corrected chi connectivity index (χ0v) is 13.1. The van der Waals surface area contributed by atoms with Gasteiger partial charge in [0.15, 0.2) is 0 Å². The first-order valence-corrected chi connectivity index (χ1v) is 7.75. The van der Waals surface area contributed by atoms with Crippen molar-refractivity contribution in [2.75, 3.05) is 0 Å². The molecule has 1 aromatic carbocycles. The Morgan fingerprint density at radius 3 is 2.70 bits per heavy atom. The maximum absolute atomic E-state index is 13.1. The van der Waals surface area contributed by atoms with Gasteiger partial charge in [-0.3, -0.25) is 14.2 Å². The normalized spacial score (nSPS) is 11.0. The van der Waals surface area contributed by atoms with Gasteiger partial charge in [0.05, 0.1) is 18.1 Å². The first kappa shape index (κ1) is 15.4. The number of aliphatic carboxylic acids is 1. The molecule has 0 saturated carbocycles. The molecule has 1 N–H and O–H groups in total. The monoisotopic (exact) mass is 332 g/mol. The third-order valence-corrected chi connectivity index (χ3v) is 4.57. The summed E-state index contributed by atoms with van der Waals surface area (Å²) in [7, 11) is 0. The van der Waals surface area contributed by atoms with E-state index in [-0.39, 0.29) is 24.3 Å². The summed E-state index contributed by atoms with van der Waals surface area (Å²) in [5.74, 6) is -1.32. The van der Waals surface area contributed by atoms with Crippen LogP contribution in [0.2, 0.25) is 0 Å². The van der Waals surface area contributed by atoms with Crippen molar-refractivity contribution in [3.05, 3.63) is 51.6 Å². The van der Waals surface area contributed by atoms with Gasteiger partial charge in [0, 0.05) is 17.0 Å². The van der Waals surface area contributed by atoms with Gasteiger partial charge in [0.1, 0.15) is 10.6 Å². The average molecular weight is 332 g/mol. The highest BCUT2D eigenvalue weighted by molar-refractivity contribution is 7.19. The van der Waals surface area contributed by atoms with Gasteiger partial charge in [0.25, 0.3) is 5.56 Å². The van der Waals surface area contributed by atoms with Crippen LogP contribution in [0.1, 0.15) is 11.3 Å². The summed E-state index contributed by atoms with van der Waals surface area (Å²) in [6, 6.07) is 5.94. The zero-order chi connectivity index (χ0) is 16.6. The van der Waals surface area contributed by atoms with Gasteiger partial charge < -0.3 is 5.11 Å². The van der Waals surface area contributed by atoms with Gasteiger partial charge >= 0.3 is 5.97 Å². The highest BCUT2D eigenvalue weighted by atomic mass is 32.1. The molecular weight excluding hydrogens is 319 g/mol. The number of aryl methyl sites for hydroxylation is 2. The van der Waals surface area contributed by atoms with Gasteiger partial charge in [-0.2, -0.15) is 0 Å². The lowest BCUT2D eigenvalue weighted by atomic mass is 10.0. The fourth-order valence-electron chi connectivity index (χ4n) is 2.48. The Morgan fingerprint density at radius 2 is 2.04 bits per heavy atom. The van der Waals surface area contributed by atoms with Crippen molar-refractivity contribution in [1.29, 1.82) is 0 Å². The van der Waals surface area contributed by atoms with E-state index in [0.717, 1.165) is 16.0 Å². The van der Waals surface area contributed by atoms with E-state index >= 15 is 0 Å². The first-order valence-electron chi connectivity index (χ1n) is 6.93. The van der Waals surface area contributed by atoms with Gasteiger partial charge in [0.2, 0.25) is 0 Å². The number of nitrogens with zero attached hydrogens (tertiary/aromatic N) is 2. The number of carbonyl (C=O) groups is 1. The summed E-state index contributed by atoms with van der Waals surface area (Å²) in [6.45, 7) is 1.95. The predicted octanol–water partition coefficient (Wildman–Crippen LogP) is 3.05. The molecule has 0 aliphatic rings. The fourth-order valence-corrected chi connectivity index (χ4v) is 3.48. The molecule has 5 nitrogen and oxygen atoms in total. The van der Waals surface area contributed by atoms with E-state index in [0.29, 0.717) is 10.2 Å². The Bertz CT molecular complexity index is 944. The second kappa shape index (κ2) is 5.92. The molecule has 118 valence electrons. The second-order valence-electron chi connectivity index (χ2n) is 5.11. The van der Waals surface area contributed by atoms with E-state index in [2.05, 4.69) is 4.98 Å². The molecule has 0 bridgehead atoms. The Kier molecular flexibility index (Phi) is 3.96. The first-order chi connectivity index (χ1) is 11.0. The lowest BCUT2D eigenvalue weighted by Gasteiger charge is -2.05. The van der Waals surface area contributed by atoms with Gasteiger partial charge in [-0.15, -0.1) is 11.3 Å². The molecule has 0 aliphatic carbocycles. The number of halogens is 1. The smallest absolute Gasteiger partial charge is 0.305 e. The van der Waals surface area contributed by atoms with E-state index in [1.165, 1.54) is 34.4 Å². The summed E-state index contributed by atoms with van der Waals surface area (Å²) < 4.78 is 14.4. The number of hydrogen-bond donors (Lipinski definition) is 1. The van der Waals surface area contributed by atoms with E-state index < -0.39 is 5.97 Å². The van der Waals surface area contributed by atoms with Crippen molar-refractivity contribution in [1.82, 2.24) is 9.55 Å². The van der Waals surface area contributed by atoms with Crippen LogP contribution in [0, 0.1) is 12.7 Å². The maximum Gasteiger partial charge on any atom is 0.305 e. The van der Waals surface area contributed by atoms with Crippen LogP contribution in [0.15, 0.2) is 35.4 Å². The van der Waals surface area contributed by atoms with E-state index in [1.54, 1.807) is 12.1 Å². The SMILES string of the molecule is Cc1sc2ncn(CCC(=O)O)c(=O)c2c1-c1ccc(F)cc1. The Hall–Kier alpha value is -2.54. The van der Waals surface area contributed by atoms with Crippen LogP contribution in [-0.2, 0) is 11.3 Å². The molecule has 0 fully saturated rings. The molecule has 7 heteroatoms. The quantitative estimate of drug-likeness (QED) is 0.797. The lowest BCUT2D eigenvalue weighted by molar-refractivity contribution is -0.137. The lowest BCUT2D eigenvalue weighted by Crippen LogP contribution is -2.21. The topological polar surface area (TPSA) is 72.2 Å². The molecule has 2 aromatic heterocycles. The van der Waals surface area contributed by atoms with Crippen LogP contribution in [0.25, 0.3) is 21.3 Å². The minimum Gasteiger partial charge on any atom is -0.481 e. The number of aromatic nitrogens is 2.